The van der Waals surface area contributed by atoms with Crippen LogP contribution in [0.4, 0.5) is 0 Å². The molecule has 0 radical (unpaired) electrons. The third-order valence-corrected chi connectivity index (χ3v) is 4.23. The minimum atomic E-state index is 0.000147. The Labute approximate surface area is 144 Å². The molecule has 0 aliphatic heterocycles. The molecule has 0 saturated carbocycles. The molecule has 0 bridgehead atoms. The van der Waals surface area contributed by atoms with Crippen molar-refractivity contribution in [3.8, 4) is 0 Å². The smallest absolute Gasteiger partial charge is 0.272 e. The van der Waals surface area contributed by atoms with Gasteiger partial charge in [-0.2, -0.15) is 5.10 Å². The summed E-state index contributed by atoms with van der Waals surface area (Å²) >= 11 is 0. The number of amides is 1. The van der Waals surface area contributed by atoms with Crippen molar-refractivity contribution in [3.63, 3.8) is 0 Å². The van der Waals surface area contributed by atoms with Crippen LogP contribution in [0, 0.1) is 12.8 Å². The van der Waals surface area contributed by atoms with Crippen molar-refractivity contribution >= 4 is 5.91 Å². The molecule has 0 fully saturated rings. The van der Waals surface area contributed by atoms with Gasteiger partial charge in [0.15, 0.2) is 0 Å². The van der Waals surface area contributed by atoms with Gasteiger partial charge in [-0.25, -0.2) is 0 Å². The predicted molar refractivity (Wildman–Crippen MR) is 96.0 cm³/mol. The lowest BCUT2D eigenvalue weighted by Gasteiger charge is -2.24. The normalized spacial score (nSPS) is 12.5. The van der Waals surface area contributed by atoms with Gasteiger partial charge >= 0.3 is 0 Å². The van der Waals surface area contributed by atoms with Gasteiger partial charge in [-0.3, -0.25) is 14.5 Å². The molecule has 130 valence electrons. The highest BCUT2D eigenvalue weighted by Gasteiger charge is 2.22. The molecule has 0 aliphatic rings. The molecule has 5 nitrogen and oxygen atoms in total. The van der Waals surface area contributed by atoms with Gasteiger partial charge in [0.1, 0.15) is 5.69 Å². The summed E-state index contributed by atoms with van der Waals surface area (Å²) in [5.41, 5.74) is 3.80. The number of likely N-dealkylation sites (N-methyl/N-ethyl adjacent to an activating group) is 1. The second-order valence-electron chi connectivity index (χ2n) is 7.04. The van der Waals surface area contributed by atoms with Crippen molar-refractivity contribution in [1.29, 1.82) is 0 Å². The first-order valence-corrected chi connectivity index (χ1v) is 8.49. The average molecular weight is 328 g/mol. The fraction of sp³-hybridized carbons (Fsp3) is 0.526. The standard InChI is InChI=1S/C19H28N4O/c1-13(2)9-17-12-18(23(6)21-17)19(24)22(5)15(4)11-16-10-14(3)7-8-20-16/h7-8,10,12-13,15H,9,11H2,1-6H3/t15-/m1/s1. The van der Waals surface area contributed by atoms with E-state index in [4.69, 9.17) is 0 Å². The highest BCUT2D eigenvalue weighted by Crippen LogP contribution is 2.14. The van der Waals surface area contributed by atoms with Crippen molar-refractivity contribution in [2.45, 2.75) is 46.6 Å². The van der Waals surface area contributed by atoms with Gasteiger partial charge in [0.2, 0.25) is 0 Å². The summed E-state index contributed by atoms with van der Waals surface area (Å²) in [6.45, 7) is 8.41. The molecule has 0 aromatic carbocycles. The summed E-state index contributed by atoms with van der Waals surface area (Å²) in [7, 11) is 3.68. The van der Waals surface area contributed by atoms with Crippen molar-refractivity contribution in [2.75, 3.05) is 7.05 Å². The summed E-state index contributed by atoms with van der Waals surface area (Å²) in [6.07, 6.45) is 3.44. The van der Waals surface area contributed by atoms with E-state index in [1.165, 1.54) is 5.56 Å². The maximum Gasteiger partial charge on any atom is 0.272 e. The van der Waals surface area contributed by atoms with E-state index in [0.717, 1.165) is 24.2 Å². The Balaban J connectivity index is 2.09. The molecule has 5 heteroatoms. The number of nitrogens with zero attached hydrogens (tertiary/aromatic N) is 4. The number of aryl methyl sites for hydroxylation is 2. The lowest BCUT2D eigenvalue weighted by atomic mass is 10.1. The first-order chi connectivity index (χ1) is 11.3. The number of aromatic nitrogens is 3. The van der Waals surface area contributed by atoms with Crippen molar-refractivity contribution in [2.24, 2.45) is 13.0 Å². The molecular formula is C19H28N4O. The number of pyridine rings is 1. The Morgan fingerprint density at radius 2 is 1.92 bits per heavy atom. The number of rotatable bonds is 6. The van der Waals surface area contributed by atoms with Crippen LogP contribution >= 0.6 is 0 Å². The van der Waals surface area contributed by atoms with Crippen LogP contribution in [0.2, 0.25) is 0 Å². The molecule has 2 aromatic rings. The third kappa shape index (κ3) is 4.43. The quantitative estimate of drug-likeness (QED) is 0.819. The summed E-state index contributed by atoms with van der Waals surface area (Å²) in [5.74, 6) is 0.520. The zero-order valence-corrected chi connectivity index (χ0v) is 15.6. The summed E-state index contributed by atoms with van der Waals surface area (Å²) < 4.78 is 1.69. The third-order valence-electron chi connectivity index (χ3n) is 4.23. The van der Waals surface area contributed by atoms with E-state index < -0.39 is 0 Å². The number of hydrogen-bond acceptors (Lipinski definition) is 3. The van der Waals surface area contributed by atoms with Gasteiger partial charge in [0.25, 0.3) is 5.91 Å². The lowest BCUT2D eigenvalue weighted by molar-refractivity contribution is 0.0732. The fourth-order valence-corrected chi connectivity index (χ4v) is 2.78. The summed E-state index contributed by atoms with van der Waals surface area (Å²) in [6, 6.07) is 6.03. The van der Waals surface area contributed by atoms with Crippen LogP contribution in [0.15, 0.2) is 24.4 Å². The number of carbonyl (C=O) groups is 1. The monoisotopic (exact) mass is 328 g/mol. The van der Waals surface area contributed by atoms with Crippen LogP contribution in [0.3, 0.4) is 0 Å². The van der Waals surface area contributed by atoms with E-state index in [0.29, 0.717) is 11.6 Å². The molecule has 0 aliphatic carbocycles. The topological polar surface area (TPSA) is 51.0 Å². The highest BCUT2D eigenvalue weighted by molar-refractivity contribution is 5.92. The van der Waals surface area contributed by atoms with E-state index in [-0.39, 0.29) is 11.9 Å². The first kappa shape index (κ1) is 18.2. The van der Waals surface area contributed by atoms with Gasteiger partial charge < -0.3 is 4.90 Å². The molecule has 1 amide bonds. The van der Waals surface area contributed by atoms with Gasteiger partial charge in [0.05, 0.1) is 5.69 Å². The van der Waals surface area contributed by atoms with Crippen LogP contribution in [0.1, 0.15) is 48.2 Å². The van der Waals surface area contributed by atoms with Crippen LogP contribution in [-0.2, 0) is 19.9 Å². The van der Waals surface area contributed by atoms with E-state index >= 15 is 0 Å². The van der Waals surface area contributed by atoms with Crippen molar-refractivity contribution < 1.29 is 4.79 Å². The van der Waals surface area contributed by atoms with Crippen LogP contribution in [0.5, 0.6) is 0 Å². The Kier molecular flexibility index (Phi) is 5.75. The zero-order valence-electron chi connectivity index (χ0n) is 15.6. The minimum absolute atomic E-state index is 0.000147. The highest BCUT2D eigenvalue weighted by atomic mass is 16.2. The molecule has 2 aromatic heterocycles. The molecule has 0 N–H and O–H groups in total. The molecule has 2 rings (SSSR count). The molecule has 0 spiro atoms. The lowest BCUT2D eigenvalue weighted by Crippen LogP contribution is -2.37. The molecule has 2 heterocycles. The fourth-order valence-electron chi connectivity index (χ4n) is 2.78. The first-order valence-electron chi connectivity index (χ1n) is 8.49. The Hall–Kier alpha value is -2.17. The van der Waals surface area contributed by atoms with Gasteiger partial charge in [0, 0.05) is 38.4 Å². The van der Waals surface area contributed by atoms with Crippen LogP contribution in [0.25, 0.3) is 0 Å². The van der Waals surface area contributed by atoms with Crippen LogP contribution in [-0.4, -0.2) is 38.7 Å². The van der Waals surface area contributed by atoms with Crippen LogP contribution < -0.4 is 0 Å². The second kappa shape index (κ2) is 7.60. The Morgan fingerprint density at radius 3 is 2.54 bits per heavy atom. The van der Waals surface area contributed by atoms with E-state index in [2.05, 4.69) is 36.9 Å². The second-order valence-corrected chi connectivity index (χ2v) is 7.04. The largest absolute Gasteiger partial charge is 0.337 e. The van der Waals surface area contributed by atoms with Gasteiger partial charge in [-0.1, -0.05) is 13.8 Å². The molecule has 24 heavy (non-hydrogen) atoms. The molecule has 0 saturated heterocycles. The number of carbonyl (C=O) groups excluding carboxylic acids is 1. The van der Waals surface area contributed by atoms with Gasteiger partial charge in [-0.05, 0) is 49.9 Å². The van der Waals surface area contributed by atoms with Crippen molar-refractivity contribution in [3.05, 3.63) is 47.0 Å². The maximum absolute atomic E-state index is 12.8. The molecule has 0 unspecified atom stereocenters. The average Bonchev–Trinajstić information content (AvgIpc) is 2.85. The number of hydrogen-bond donors (Lipinski definition) is 0. The predicted octanol–water partition coefficient (Wildman–Crippen LogP) is 3.03. The zero-order chi connectivity index (χ0) is 17.9. The minimum Gasteiger partial charge on any atom is -0.337 e. The van der Waals surface area contributed by atoms with Gasteiger partial charge in [-0.15, -0.1) is 0 Å². The SMILES string of the molecule is Cc1ccnc(C[C@@H](C)N(C)C(=O)c2cc(CC(C)C)nn2C)c1. The summed E-state index contributed by atoms with van der Waals surface area (Å²) in [5, 5.41) is 4.47. The maximum atomic E-state index is 12.8. The van der Waals surface area contributed by atoms with E-state index in [9.17, 15) is 4.79 Å². The Bertz CT molecular complexity index is 705. The van der Waals surface area contributed by atoms with E-state index in [1.807, 2.05) is 39.3 Å². The molecule has 1 atom stereocenters. The van der Waals surface area contributed by atoms with E-state index in [1.54, 1.807) is 9.58 Å². The van der Waals surface area contributed by atoms with Crippen molar-refractivity contribution in [1.82, 2.24) is 19.7 Å². The molecular weight excluding hydrogens is 300 g/mol. The summed E-state index contributed by atoms with van der Waals surface area (Å²) in [4.78, 5) is 19.0. The Morgan fingerprint density at radius 1 is 1.21 bits per heavy atom.